The van der Waals surface area contributed by atoms with Crippen LogP contribution in [0.3, 0.4) is 0 Å². The van der Waals surface area contributed by atoms with E-state index in [1.54, 1.807) is 0 Å². The van der Waals surface area contributed by atoms with Crippen LogP contribution < -0.4 is 0 Å². The molecule has 0 spiro atoms. The van der Waals surface area contributed by atoms with E-state index >= 15 is 0 Å². The summed E-state index contributed by atoms with van der Waals surface area (Å²) >= 11 is 36.3. The molecule has 0 aliphatic rings. The summed E-state index contributed by atoms with van der Waals surface area (Å²) in [7, 11) is 0. The van der Waals surface area contributed by atoms with Crippen LogP contribution in [-0.2, 0) is 225 Å². The van der Waals surface area contributed by atoms with Crippen molar-refractivity contribution in [3.05, 3.63) is 279 Å². The predicted octanol–water partition coefficient (Wildman–Crippen LogP) is 27.7. The first-order valence-corrected chi connectivity index (χ1v) is 70.6. The molecule has 0 saturated heterocycles. The molecule has 8 aromatic carbocycles. The molecular weight excluding hydrogens is 3520 g/mol. The topological polar surface area (TPSA) is 194 Å². The molecule has 143 heavy (non-hydrogen) atoms. The third-order valence-electron chi connectivity index (χ3n) is 21.6. The van der Waals surface area contributed by atoms with E-state index in [2.05, 4.69) is 491 Å². The molecule has 0 saturated carbocycles. The molecule has 796 valence electrons. The summed E-state index contributed by atoms with van der Waals surface area (Å²) in [5, 5.41) is 0. The second kappa shape index (κ2) is 84.0. The molecule has 0 aromatic heterocycles. The molecule has 0 aliphatic heterocycles. The maximum absolute atomic E-state index is 7.52. The SMILES string of the molecule is CCc1cc(CI)cc(COCCOCC(COCCOCc2cc(CI)cc(CI)c2)OCC(COC(COCCOCc2cc(CI)cc(CI)c2)COCCOCc2cc(CI)cc(CI)c2)OC(COC(COCCOCc2cc(CI)cc(CI)c2)COCCOCc2cc(CI)cc(CI)c2)COC(COCCOCc2cc(CI)cc(CI)c2)COCCOCc2cc(CI)cc(CI)c2)c1. The van der Waals surface area contributed by atoms with Gasteiger partial charge in [-0.3, -0.25) is 0 Å². The normalized spacial score (nSPS) is 12.3. The van der Waals surface area contributed by atoms with E-state index in [9.17, 15) is 0 Å². The molecule has 8 aromatic rings. The molecule has 8 rings (SSSR count). The van der Waals surface area contributed by atoms with Crippen LogP contribution in [0, 0.1) is 0 Å². The second-order valence-corrected chi connectivity index (χ2v) is 45.3. The predicted molar refractivity (Wildman–Crippen MR) is 698 cm³/mol. The Hall–Kier alpha value is 3.87. The molecule has 0 fully saturated rings. The minimum absolute atomic E-state index is 0.00429. The third-order valence-corrected chi connectivity index (χ3v) is 34.8. The van der Waals surface area contributed by atoms with Gasteiger partial charge in [0.1, 0.15) is 36.6 Å². The minimum atomic E-state index is -0.809. The Morgan fingerprint density at radius 3 is 0.378 bits per heavy atom. The highest BCUT2D eigenvalue weighted by Crippen LogP contribution is 2.27. The van der Waals surface area contributed by atoms with Gasteiger partial charge in [0.2, 0.25) is 0 Å². The summed E-state index contributed by atoms with van der Waals surface area (Å²) in [4.78, 5) is 0. The zero-order valence-corrected chi connectivity index (χ0v) is 114. The molecular formula is C107H137I15O21. The number of aryl methyl sites for hydroxylation is 1. The fourth-order valence-corrected chi connectivity index (χ4v) is 21.6. The Labute approximate surface area is 1050 Å². The summed E-state index contributed by atoms with van der Waals surface area (Å²) in [6.07, 6.45) is -3.09. The molecule has 2 unspecified atom stereocenters. The summed E-state index contributed by atoms with van der Waals surface area (Å²) in [6.45, 7) is 12.5. The molecule has 2 atom stereocenters. The van der Waals surface area contributed by atoms with Gasteiger partial charge in [-0.05, 0) is 140 Å². The number of hydrogen-bond acceptors (Lipinski definition) is 21. The lowest BCUT2D eigenvalue weighted by Gasteiger charge is -2.30. The second-order valence-electron chi connectivity index (χ2n) is 33.8. The molecule has 0 heterocycles. The number of hydrogen-bond donors (Lipinski definition) is 0. The van der Waals surface area contributed by atoms with Crippen molar-refractivity contribution in [2.24, 2.45) is 0 Å². The smallest absolute Gasteiger partial charge is 0.105 e. The van der Waals surface area contributed by atoms with E-state index in [1.165, 1.54) is 89.0 Å². The van der Waals surface area contributed by atoms with Crippen LogP contribution in [-0.4, -0.2) is 222 Å². The van der Waals surface area contributed by atoms with Gasteiger partial charge in [-0.15, -0.1) is 0 Å². The Morgan fingerprint density at radius 2 is 0.252 bits per heavy atom. The van der Waals surface area contributed by atoms with Crippen LogP contribution in [0.5, 0.6) is 0 Å². The zero-order valence-electron chi connectivity index (χ0n) is 81.3. The Kier molecular flexibility index (Phi) is 77.6. The van der Waals surface area contributed by atoms with E-state index in [0.29, 0.717) is 159 Å². The zero-order chi connectivity index (χ0) is 102. The van der Waals surface area contributed by atoms with Gasteiger partial charge in [0.15, 0.2) is 0 Å². The van der Waals surface area contributed by atoms with E-state index in [0.717, 1.165) is 117 Å². The summed E-state index contributed by atoms with van der Waals surface area (Å²) < 4.78 is 153. The average Bonchev–Trinajstić information content (AvgIpc) is 0.899. The maximum atomic E-state index is 7.52. The van der Waals surface area contributed by atoms with Crippen LogP contribution in [0.25, 0.3) is 0 Å². The summed E-state index contributed by atoms with van der Waals surface area (Å²) in [6, 6.07) is 53.6. The van der Waals surface area contributed by atoms with Gasteiger partial charge < -0.3 is 99.5 Å². The number of ether oxygens (including phenoxy) is 21. The van der Waals surface area contributed by atoms with Crippen LogP contribution >= 0.6 is 339 Å². The van der Waals surface area contributed by atoms with Crippen molar-refractivity contribution in [3.63, 3.8) is 0 Å². The average molecular weight is 3660 g/mol. The molecule has 0 N–H and O–H groups in total. The van der Waals surface area contributed by atoms with Crippen LogP contribution in [0.4, 0.5) is 0 Å². The van der Waals surface area contributed by atoms with Gasteiger partial charge in [0, 0.05) is 66.4 Å². The quantitative estimate of drug-likeness (QED) is 0.0198. The van der Waals surface area contributed by atoms with Crippen molar-refractivity contribution >= 4 is 339 Å². The van der Waals surface area contributed by atoms with Gasteiger partial charge >= 0.3 is 0 Å². The van der Waals surface area contributed by atoms with E-state index in [1.807, 2.05) is 0 Å². The Balaban J connectivity index is 1.12. The van der Waals surface area contributed by atoms with Crippen molar-refractivity contribution < 1.29 is 99.5 Å². The number of benzene rings is 8. The maximum Gasteiger partial charge on any atom is 0.105 e. The van der Waals surface area contributed by atoms with E-state index in [4.69, 9.17) is 99.5 Å². The van der Waals surface area contributed by atoms with Crippen LogP contribution in [0.1, 0.15) is 140 Å². The molecule has 0 radical (unpaired) electrons. The molecule has 0 aliphatic carbocycles. The molecule has 0 bridgehead atoms. The Morgan fingerprint density at radius 1 is 0.140 bits per heavy atom. The van der Waals surface area contributed by atoms with E-state index < -0.39 is 36.6 Å². The molecule has 0 amide bonds. The van der Waals surface area contributed by atoms with Crippen LogP contribution in [0.15, 0.2) is 146 Å². The van der Waals surface area contributed by atoms with Gasteiger partial charge in [0.25, 0.3) is 0 Å². The van der Waals surface area contributed by atoms with Crippen molar-refractivity contribution in [1.82, 2.24) is 0 Å². The van der Waals surface area contributed by atoms with Crippen molar-refractivity contribution in [2.75, 3.05) is 185 Å². The lowest BCUT2D eigenvalue weighted by molar-refractivity contribution is -0.179. The minimum Gasteiger partial charge on any atom is -0.376 e. The lowest BCUT2D eigenvalue weighted by Crippen LogP contribution is -2.42. The van der Waals surface area contributed by atoms with Crippen molar-refractivity contribution in [3.8, 4) is 0 Å². The van der Waals surface area contributed by atoms with Gasteiger partial charge in [0.05, 0.1) is 238 Å². The monoisotopic (exact) mass is 3660 g/mol. The molecule has 36 heteroatoms. The number of rotatable bonds is 86. The molecule has 21 nitrogen and oxygen atoms in total. The first kappa shape index (κ1) is 132. The van der Waals surface area contributed by atoms with Crippen molar-refractivity contribution in [2.45, 2.75) is 169 Å². The highest BCUT2D eigenvalue weighted by molar-refractivity contribution is 14.1. The first-order chi connectivity index (χ1) is 70.1. The first-order valence-electron chi connectivity index (χ1n) is 47.8. The summed E-state index contributed by atoms with van der Waals surface area (Å²) in [5.41, 5.74) is 29.4. The fraction of sp³-hybridized carbons (Fsp3) is 0.551. The fourth-order valence-electron chi connectivity index (χ4n) is 15.0. The standard InChI is InChI=1S/C107H137I15O21/c1-2-78-19-79(43-108)28-94(20-78)58-123-3-11-131-66-102(67-132-12-4-124-59-95-29-80(44-109)21-81(30-95)45-110)139-74-106(75-140-103(68-133-13-5-125-60-96-31-82(46-111)22-83(32-96)47-112)69-134-14-6-126-61-97-33-84(48-113)23-85(34-97)49-114)143-107(76-141-104(70-135-15-7-127-62-98-35-86(50-115)24-87(36-98)51-116)71-136-16-8-128-63-99-37-88(52-117)25-89(38-99)53-118)77-142-105(72-137-17-9-129-64-100-39-90(54-119)26-91(40-100)55-120)73-138-18-10-130-65-101-41-92(56-121)27-93(42-101)57-122/h19-42,102-107H,2-18,43-77H2,1H3. The number of halogens is 15. The highest BCUT2D eigenvalue weighted by atomic mass is 127. The van der Waals surface area contributed by atoms with Crippen molar-refractivity contribution in [1.29, 1.82) is 0 Å². The van der Waals surface area contributed by atoms with Gasteiger partial charge in [-0.25, -0.2) is 0 Å². The van der Waals surface area contributed by atoms with Gasteiger partial charge in [-0.2, -0.15) is 0 Å². The largest absolute Gasteiger partial charge is 0.376 e. The van der Waals surface area contributed by atoms with E-state index in [-0.39, 0.29) is 79.3 Å². The third kappa shape index (κ3) is 58.1. The lowest BCUT2D eigenvalue weighted by atomic mass is 10.1. The van der Waals surface area contributed by atoms with Crippen LogP contribution in [0.2, 0.25) is 0 Å². The summed E-state index contributed by atoms with van der Waals surface area (Å²) in [5.74, 6) is 0. The highest BCUT2D eigenvalue weighted by Gasteiger charge is 2.27. The Bertz CT molecular complexity index is 3710. The van der Waals surface area contributed by atoms with Gasteiger partial charge in [-0.1, -0.05) is 491 Å². The number of alkyl halides is 15.